The molecular formula is C20H30N4O3. The predicted molar refractivity (Wildman–Crippen MR) is 106 cm³/mol. The number of hydrogen-bond donors (Lipinski definition) is 3. The Labute approximate surface area is 160 Å². The second kappa shape index (κ2) is 10.1. The van der Waals surface area contributed by atoms with Crippen molar-refractivity contribution in [3.05, 3.63) is 29.8 Å². The maximum absolute atomic E-state index is 12.5. The number of likely N-dealkylation sites (N-methyl/N-ethyl adjacent to an activating group) is 1. The molecule has 0 bridgehead atoms. The Morgan fingerprint density at radius 1 is 1.07 bits per heavy atom. The van der Waals surface area contributed by atoms with Crippen LogP contribution in [-0.4, -0.2) is 54.8 Å². The molecule has 27 heavy (non-hydrogen) atoms. The van der Waals surface area contributed by atoms with E-state index in [1.165, 1.54) is 0 Å². The fourth-order valence-corrected chi connectivity index (χ4v) is 3.23. The molecule has 1 fully saturated rings. The summed E-state index contributed by atoms with van der Waals surface area (Å²) < 4.78 is 0. The van der Waals surface area contributed by atoms with Gasteiger partial charge >= 0.3 is 0 Å². The molecule has 1 aliphatic rings. The van der Waals surface area contributed by atoms with E-state index in [0.717, 1.165) is 25.7 Å². The van der Waals surface area contributed by atoms with E-state index in [4.69, 9.17) is 0 Å². The zero-order valence-corrected chi connectivity index (χ0v) is 16.4. The molecule has 0 saturated heterocycles. The molecule has 1 aromatic rings. The van der Waals surface area contributed by atoms with E-state index in [1.54, 1.807) is 36.2 Å². The second-order valence-electron chi connectivity index (χ2n) is 7.44. The van der Waals surface area contributed by atoms with E-state index in [2.05, 4.69) is 16.0 Å². The van der Waals surface area contributed by atoms with Gasteiger partial charge in [-0.3, -0.25) is 19.3 Å². The minimum absolute atomic E-state index is 0.0596. The van der Waals surface area contributed by atoms with Crippen LogP contribution in [0.2, 0.25) is 0 Å². The van der Waals surface area contributed by atoms with Crippen LogP contribution in [0.3, 0.4) is 0 Å². The van der Waals surface area contributed by atoms with E-state index in [1.807, 2.05) is 13.8 Å². The van der Waals surface area contributed by atoms with Gasteiger partial charge in [0.15, 0.2) is 0 Å². The second-order valence-corrected chi connectivity index (χ2v) is 7.44. The summed E-state index contributed by atoms with van der Waals surface area (Å²) in [5.41, 5.74) is 0.941. The molecule has 0 aromatic heterocycles. The lowest BCUT2D eigenvalue weighted by atomic mass is 10.1. The van der Waals surface area contributed by atoms with Gasteiger partial charge in [0.1, 0.15) is 0 Å². The van der Waals surface area contributed by atoms with Gasteiger partial charge in [0, 0.05) is 12.1 Å². The van der Waals surface area contributed by atoms with Gasteiger partial charge in [0.2, 0.25) is 11.8 Å². The third kappa shape index (κ3) is 7.02. The molecule has 7 nitrogen and oxygen atoms in total. The molecule has 0 heterocycles. The van der Waals surface area contributed by atoms with Crippen molar-refractivity contribution in [1.29, 1.82) is 0 Å². The van der Waals surface area contributed by atoms with Gasteiger partial charge in [-0.05, 0) is 45.9 Å². The van der Waals surface area contributed by atoms with Crippen LogP contribution in [0, 0.1) is 0 Å². The van der Waals surface area contributed by atoms with Crippen LogP contribution in [0.15, 0.2) is 24.3 Å². The van der Waals surface area contributed by atoms with Crippen molar-refractivity contribution in [3.63, 3.8) is 0 Å². The summed E-state index contributed by atoms with van der Waals surface area (Å²) >= 11 is 0. The van der Waals surface area contributed by atoms with Crippen LogP contribution >= 0.6 is 0 Å². The number of para-hydroxylation sites is 1. The van der Waals surface area contributed by atoms with Crippen LogP contribution in [0.25, 0.3) is 0 Å². The first kappa shape index (κ1) is 20.9. The minimum Gasteiger partial charge on any atom is -0.353 e. The van der Waals surface area contributed by atoms with Crippen molar-refractivity contribution in [2.24, 2.45) is 0 Å². The molecular weight excluding hydrogens is 344 g/mol. The first-order chi connectivity index (χ1) is 12.8. The average molecular weight is 374 g/mol. The number of hydrogen-bond acceptors (Lipinski definition) is 4. The molecule has 7 heteroatoms. The molecule has 1 aromatic carbocycles. The van der Waals surface area contributed by atoms with Crippen molar-refractivity contribution in [2.75, 3.05) is 25.5 Å². The van der Waals surface area contributed by atoms with Crippen molar-refractivity contribution < 1.29 is 14.4 Å². The topological polar surface area (TPSA) is 90.5 Å². The normalized spacial score (nSPS) is 14.4. The molecule has 1 saturated carbocycles. The van der Waals surface area contributed by atoms with Crippen LogP contribution in [0.5, 0.6) is 0 Å². The standard InChI is InChI=1S/C20H30N4O3/c1-14(2)21-18(25)12-24(3)13-19(26)23-17-11-7-6-10-16(17)20(27)22-15-8-4-5-9-15/h6-7,10-11,14-15H,4-5,8-9,12-13H2,1-3H3,(H,21,25)(H,22,27)(H,23,26). The Hall–Kier alpha value is -2.41. The minimum atomic E-state index is -0.268. The van der Waals surface area contributed by atoms with Crippen LogP contribution in [-0.2, 0) is 9.59 Å². The number of rotatable bonds is 8. The lowest BCUT2D eigenvalue weighted by molar-refractivity contribution is -0.123. The van der Waals surface area contributed by atoms with Gasteiger partial charge in [-0.1, -0.05) is 25.0 Å². The summed E-state index contributed by atoms with van der Waals surface area (Å²) in [7, 11) is 1.71. The van der Waals surface area contributed by atoms with E-state index >= 15 is 0 Å². The fraction of sp³-hybridized carbons (Fsp3) is 0.550. The van der Waals surface area contributed by atoms with Crippen LogP contribution in [0.4, 0.5) is 5.69 Å². The molecule has 2 rings (SSSR count). The summed E-state index contributed by atoms with van der Waals surface area (Å²) in [6, 6.07) is 7.26. The van der Waals surface area contributed by atoms with E-state index in [9.17, 15) is 14.4 Å². The highest BCUT2D eigenvalue weighted by Crippen LogP contribution is 2.20. The first-order valence-corrected chi connectivity index (χ1v) is 9.53. The molecule has 1 aliphatic carbocycles. The Balaban J connectivity index is 1.91. The van der Waals surface area contributed by atoms with Crippen molar-refractivity contribution in [1.82, 2.24) is 15.5 Å². The summed E-state index contributed by atoms with van der Waals surface area (Å²) in [5, 5.41) is 8.62. The third-order valence-corrected chi connectivity index (χ3v) is 4.41. The number of amides is 3. The quantitative estimate of drug-likeness (QED) is 0.647. The monoisotopic (exact) mass is 374 g/mol. The Morgan fingerprint density at radius 3 is 2.37 bits per heavy atom. The molecule has 148 valence electrons. The highest BCUT2D eigenvalue weighted by atomic mass is 16.2. The summed E-state index contributed by atoms with van der Waals surface area (Å²) in [4.78, 5) is 38.3. The number of nitrogens with zero attached hydrogens (tertiary/aromatic N) is 1. The van der Waals surface area contributed by atoms with Crippen molar-refractivity contribution in [2.45, 2.75) is 51.6 Å². The van der Waals surface area contributed by atoms with Crippen LogP contribution in [0.1, 0.15) is 49.9 Å². The Bertz CT molecular complexity index is 669. The van der Waals surface area contributed by atoms with E-state index in [0.29, 0.717) is 11.3 Å². The maximum atomic E-state index is 12.5. The molecule has 0 spiro atoms. The first-order valence-electron chi connectivity index (χ1n) is 9.53. The summed E-state index contributed by atoms with van der Waals surface area (Å²) in [6.07, 6.45) is 4.28. The molecule has 3 amide bonds. The highest BCUT2D eigenvalue weighted by molar-refractivity contribution is 6.04. The number of anilines is 1. The molecule has 0 radical (unpaired) electrons. The van der Waals surface area contributed by atoms with Gasteiger partial charge in [0.05, 0.1) is 24.3 Å². The number of carbonyl (C=O) groups excluding carboxylic acids is 3. The molecule has 0 unspecified atom stereocenters. The number of nitrogens with one attached hydrogen (secondary N) is 3. The van der Waals surface area contributed by atoms with Crippen LogP contribution < -0.4 is 16.0 Å². The number of benzene rings is 1. The predicted octanol–water partition coefficient (Wildman–Crippen LogP) is 1.75. The molecule has 0 atom stereocenters. The SMILES string of the molecule is CC(C)NC(=O)CN(C)CC(=O)Nc1ccccc1C(=O)NC1CCCC1. The van der Waals surface area contributed by atoms with Gasteiger partial charge in [-0.2, -0.15) is 0 Å². The zero-order valence-electron chi connectivity index (χ0n) is 16.4. The van der Waals surface area contributed by atoms with Gasteiger partial charge < -0.3 is 16.0 Å². The summed E-state index contributed by atoms with van der Waals surface area (Å²) in [6.45, 7) is 3.97. The maximum Gasteiger partial charge on any atom is 0.253 e. The number of carbonyl (C=O) groups is 3. The average Bonchev–Trinajstić information content (AvgIpc) is 3.06. The lowest BCUT2D eigenvalue weighted by Gasteiger charge is -2.18. The lowest BCUT2D eigenvalue weighted by Crippen LogP contribution is -2.41. The summed E-state index contributed by atoms with van der Waals surface area (Å²) in [5.74, 6) is -0.560. The Morgan fingerprint density at radius 2 is 1.70 bits per heavy atom. The third-order valence-electron chi connectivity index (χ3n) is 4.41. The smallest absolute Gasteiger partial charge is 0.253 e. The van der Waals surface area contributed by atoms with Crippen molar-refractivity contribution >= 4 is 23.4 Å². The van der Waals surface area contributed by atoms with Gasteiger partial charge in [0.25, 0.3) is 5.91 Å². The molecule has 0 aliphatic heterocycles. The Kier molecular flexibility index (Phi) is 7.79. The van der Waals surface area contributed by atoms with E-state index in [-0.39, 0.29) is 42.9 Å². The highest BCUT2D eigenvalue weighted by Gasteiger charge is 2.20. The fourth-order valence-electron chi connectivity index (χ4n) is 3.23. The molecule has 3 N–H and O–H groups in total. The zero-order chi connectivity index (χ0) is 19.8. The van der Waals surface area contributed by atoms with E-state index < -0.39 is 0 Å². The van der Waals surface area contributed by atoms with Gasteiger partial charge in [-0.25, -0.2) is 0 Å². The van der Waals surface area contributed by atoms with Crippen molar-refractivity contribution in [3.8, 4) is 0 Å². The largest absolute Gasteiger partial charge is 0.353 e. The van der Waals surface area contributed by atoms with Gasteiger partial charge in [-0.15, -0.1) is 0 Å².